The molecule has 0 spiro atoms. The van der Waals surface area contributed by atoms with Gasteiger partial charge in [0.25, 0.3) is 5.91 Å². The van der Waals surface area contributed by atoms with E-state index in [4.69, 9.17) is 0 Å². The lowest BCUT2D eigenvalue weighted by molar-refractivity contribution is -0.121. The molecule has 1 amide bonds. The Kier molecular flexibility index (Phi) is 3.85. The Hall–Kier alpha value is -1.84. The Bertz CT molecular complexity index is 358. The van der Waals surface area contributed by atoms with Gasteiger partial charge in [-0.25, -0.2) is 0 Å². The van der Waals surface area contributed by atoms with E-state index < -0.39 is 0 Å². The summed E-state index contributed by atoms with van der Waals surface area (Å²) >= 11 is 0. The third-order valence-electron chi connectivity index (χ3n) is 1.84. The van der Waals surface area contributed by atoms with Gasteiger partial charge in [0.1, 0.15) is 7.11 Å². The van der Waals surface area contributed by atoms with Gasteiger partial charge >= 0.3 is 0 Å². The van der Waals surface area contributed by atoms with Crippen LogP contribution in [0.4, 0.5) is 0 Å². The van der Waals surface area contributed by atoms with E-state index >= 15 is 0 Å². The number of hydrogen-bond donors (Lipinski definition) is 0. The van der Waals surface area contributed by atoms with Gasteiger partial charge in [-0.3, -0.25) is 4.79 Å². The lowest BCUT2D eigenvalue weighted by Crippen LogP contribution is -2.30. The molecule has 0 heterocycles. The van der Waals surface area contributed by atoms with Crippen LogP contribution < -0.4 is 0 Å². The van der Waals surface area contributed by atoms with E-state index in [1.165, 1.54) is 12.0 Å². The first-order valence-electron chi connectivity index (χ1n) is 4.55. The van der Waals surface area contributed by atoms with Crippen LogP contribution in [0.3, 0.4) is 0 Å². The quantitative estimate of drug-likeness (QED) is 0.549. The smallest absolute Gasteiger partial charge is 0.276 e. The molecular formula is C11H14N2O2. The molecule has 1 aromatic carbocycles. The van der Waals surface area contributed by atoms with E-state index in [1.807, 2.05) is 30.3 Å². The van der Waals surface area contributed by atoms with Gasteiger partial charge in [-0.05, 0) is 0 Å². The van der Waals surface area contributed by atoms with Gasteiger partial charge in [0.15, 0.2) is 5.71 Å². The number of likely N-dealkylation sites (N-methyl/N-ethyl adjacent to an activating group) is 1. The van der Waals surface area contributed by atoms with Crippen LogP contribution in [0, 0.1) is 0 Å². The molecule has 0 saturated carbocycles. The molecule has 0 saturated heterocycles. The Balaban J connectivity index is 3.05. The molecule has 0 atom stereocenters. The number of benzene rings is 1. The molecule has 0 aliphatic rings. The zero-order valence-electron chi connectivity index (χ0n) is 9.10. The summed E-state index contributed by atoms with van der Waals surface area (Å²) in [5.41, 5.74) is 1.06. The minimum Gasteiger partial charge on any atom is -0.398 e. The van der Waals surface area contributed by atoms with E-state index in [-0.39, 0.29) is 5.91 Å². The minimum absolute atomic E-state index is 0.178. The van der Waals surface area contributed by atoms with Gasteiger partial charge in [-0.15, -0.1) is 0 Å². The average molecular weight is 206 g/mol. The van der Waals surface area contributed by atoms with Crippen LogP contribution >= 0.6 is 0 Å². The topological polar surface area (TPSA) is 41.9 Å². The lowest BCUT2D eigenvalue weighted by atomic mass is 10.1. The molecule has 4 heteroatoms. The second kappa shape index (κ2) is 5.14. The number of oxime groups is 1. The molecule has 1 aromatic rings. The summed E-state index contributed by atoms with van der Waals surface area (Å²) < 4.78 is 0. The highest BCUT2D eigenvalue weighted by Gasteiger charge is 2.16. The van der Waals surface area contributed by atoms with Gasteiger partial charge < -0.3 is 9.74 Å². The van der Waals surface area contributed by atoms with Crippen molar-refractivity contribution in [3.63, 3.8) is 0 Å². The van der Waals surface area contributed by atoms with E-state index in [9.17, 15) is 4.79 Å². The summed E-state index contributed by atoms with van der Waals surface area (Å²) in [5.74, 6) is -0.178. The number of carbonyl (C=O) groups excluding carboxylic acids is 1. The Morgan fingerprint density at radius 2 is 1.87 bits per heavy atom. The molecule has 0 aromatic heterocycles. The SMILES string of the molecule is CO/N=C(/C(=O)N(C)C)c1ccccc1. The van der Waals surface area contributed by atoms with Gasteiger partial charge in [0, 0.05) is 19.7 Å². The molecule has 1 rings (SSSR count). The molecule has 80 valence electrons. The van der Waals surface area contributed by atoms with Crippen molar-refractivity contribution in [3.05, 3.63) is 35.9 Å². The standard InChI is InChI=1S/C11H14N2O2/c1-13(2)11(14)10(12-15-3)9-7-5-4-6-8-9/h4-8H,1-3H3/b12-10+. The van der Waals surface area contributed by atoms with E-state index in [0.717, 1.165) is 5.56 Å². The summed E-state index contributed by atoms with van der Waals surface area (Å²) in [6.07, 6.45) is 0. The summed E-state index contributed by atoms with van der Waals surface area (Å²) in [5, 5.41) is 3.74. The molecule has 0 aliphatic carbocycles. The number of rotatable bonds is 3. The summed E-state index contributed by atoms with van der Waals surface area (Å²) in [7, 11) is 4.78. The first-order valence-corrected chi connectivity index (χ1v) is 4.55. The van der Waals surface area contributed by atoms with Crippen molar-refractivity contribution in [3.8, 4) is 0 Å². The fourth-order valence-corrected chi connectivity index (χ4v) is 1.11. The van der Waals surface area contributed by atoms with Gasteiger partial charge in [-0.1, -0.05) is 35.5 Å². The lowest BCUT2D eigenvalue weighted by Gasteiger charge is -2.11. The number of hydrogen-bond acceptors (Lipinski definition) is 3. The molecule has 0 fully saturated rings. The highest BCUT2D eigenvalue weighted by atomic mass is 16.6. The normalized spacial score (nSPS) is 11.0. The van der Waals surface area contributed by atoms with E-state index in [1.54, 1.807) is 14.1 Å². The third-order valence-corrected chi connectivity index (χ3v) is 1.84. The molecule has 0 radical (unpaired) electrons. The van der Waals surface area contributed by atoms with Crippen molar-refractivity contribution in [2.24, 2.45) is 5.16 Å². The maximum Gasteiger partial charge on any atom is 0.276 e. The first kappa shape index (κ1) is 11.2. The number of carbonyl (C=O) groups is 1. The molecule has 0 N–H and O–H groups in total. The van der Waals surface area contributed by atoms with Crippen molar-refractivity contribution in [1.82, 2.24) is 4.90 Å². The second-order valence-corrected chi connectivity index (χ2v) is 3.19. The predicted molar refractivity (Wildman–Crippen MR) is 58.7 cm³/mol. The summed E-state index contributed by atoms with van der Waals surface area (Å²) in [6, 6.07) is 9.22. The number of amides is 1. The van der Waals surface area contributed by atoms with Gasteiger partial charge in [0.05, 0.1) is 0 Å². The Morgan fingerprint density at radius 1 is 1.27 bits per heavy atom. The molecule has 0 bridgehead atoms. The fraction of sp³-hybridized carbons (Fsp3) is 0.273. The maximum atomic E-state index is 11.7. The highest BCUT2D eigenvalue weighted by molar-refractivity contribution is 6.45. The Morgan fingerprint density at radius 3 is 2.33 bits per heavy atom. The van der Waals surface area contributed by atoms with Crippen LogP contribution in [0.1, 0.15) is 5.56 Å². The van der Waals surface area contributed by atoms with Crippen LogP contribution in [0.25, 0.3) is 0 Å². The van der Waals surface area contributed by atoms with E-state index in [0.29, 0.717) is 5.71 Å². The van der Waals surface area contributed by atoms with Gasteiger partial charge in [0.2, 0.25) is 0 Å². The van der Waals surface area contributed by atoms with Crippen LogP contribution in [0.15, 0.2) is 35.5 Å². The van der Waals surface area contributed by atoms with Crippen LogP contribution in [0.2, 0.25) is 0 Å². The largest absolute Gasteiger partial charge is 0.398 e. The monoisotopic (exact) mass is 206 g/mol. The highest BCUT2D eigenvalue weighted by Crippen LogP contribution is 2.03. The van der Waals surface area contributed by atoms with Crippen LogP contribution in [-0.2, 0) is 9.63 Å². The molecule has 15 heavy (non-hydrogen) atoms. The average Bonchev–Trinajstić information content (AvgIpc) is 2.26. The minimum atomic E-state index is -0.178. The number of nitrogens with zero attached hydrogens (tertiary/aromatic N) is 2. The summed E-state index contributed by atoms with van der Waals surface area (Å²) in [6.45, 7) is 0. The fourth-order valence-electron chi connectivity index (χ4n) is 1.11. The summed E-state index contributed by atoms with van der Waals surface area (Å²) in [4.78, 5) is 17.9. The third kappa shape index (κ3) is 2.80. The molecule has 0 unspecified atom stereocenters. The van der Waals surface area contributed by atoms with Crippen molar-refractivity contribution < 1.29 is 9.63 Å². The van der Waals surface area contributed by atoms with Crippen molar-refractivity contribution in [1.29, 1.82) is 0 Å². The Labute approximate surface area is 89.1 Å². The first-order chi connectivity index (χ1) is 7.16. The maximum absolute atomic E-state index is 11.7. The van der Waals surface area contributed by atoms with E-state index in [2.05, 4.69) is 9.99 Å². The zero-order valence-corrected chi connectivity index (χ0v) is 9.10. The zero-order chi connectivity index (χ0) is 11.3. The molecule has 0 aliphatic heterocycles. The molecular weight excluding hydrogens is 192 g/mol. The molecule has 4 nitrogen and oxygen atoms in total. The van der Waals surface area contributed by atoms with Crippen molar-refractivity contribution in [2.45, 2.75) is 0 Å². The van der Waals surface area contributed by atoms with Crippen molar-refractivity contribution >= 4 is 11.6 Å². The van der Waals surface area contributed by atoms with Crippen molar-refractivity contribution in [2.75, 3.05) is 21.2 Å². The van der Waals surface area contributed by atoms with Crippen LogP contribution in [0.5, 0.6) is 0 Å². The predicted octanol–water partition coefficient (Wildman–Crippen LogP) is 1.13. The van der Waals surface area contributed by atoms with Gasteiger partial charge in [-0.2, -0.15) is 0 Å². The van der Waals surface area contributed by atoms with Crippen LogP contribution in [-0.4, -0.2) is 37.7 Å². The second-order valence-electron chi connectivity index (χ2n) is 3.19.